The second-order valence-electron chi connectivity index (χ2n) is 10.2. The fourth-order valence-electron chi connectivity index (χ4n) is 6.22. The Morgan fingerprint density at radius 2 is 1.85 bits per heavy atom. The molecule has 3 N–H and O–H groups in total. The maximum absolute atomic E-state index is 13.9. The first-order chi connectivity index (χ1) is 16.3. The van der Waals surface area contributed by atoms with Crippen LogP contribution in [0.2, 0.25) is 0 Å². The molecule has 3 aliphatic rings. The second kappa shape index (κ2) is 10.3. The number of aliphatic hydroxyl groups is 1. The summed E-state index contributed by atoms with van der Waals surface area (Å²) >= 11 is 1.71. The molecule has 1 aromatic rings. The maximum Gasteiger partial charge on any atom is 0.244 e. The summed E-state index contributed by atoms with van der Waals surface area (Å²) in [5.41, 5.74) is 0.725. The third kappa shape index (κ3) is 4.35. The lowest BCUT2D eigenvalue weighted by Gasteiger charge is -2.39. The Morgan fingerprint density at radius 3 is 2.53 bits per heavy atom. The lowest BCUT2D eigenvalue weighted by atomic mass is 9.66. The highest BCUT2D eigenvalue weighted by atomic mass is 32.2. The molecule has 4 rings (SSSR count). The molecule has 0 aromatic heterocycles. The molecule has 3 aliphatic heterocycles. The van der Waals surface area contributed by atoms with Gasteiger partial charge in [0.15, 0.2) is 0 Å². The number of fused-ring (bicyclic) bond motifs is 1. The molecule has 3 unspecified atom stereocenters. The van der Waals surface area contributed by atoms with Crippen LogP contribution in [0.15, 0.2) is 30.3 Å². The van der Waals surface area contributed by atoms with Gasteiger partial charge in [-0.15, -0.1) is 11.8 Å². The topological polar surface area (TPSA) is 98.7 Å². The standard InChI is InChI=1S/C26H37N3O4S/c1-16(2)27-24(32)22-26-17(3)15-19(34-26)20(23(31)28-18-11-7-6-8-12-18)21(26)25(33)29(22)13-9-4-5-10-14-30/h6-8,11-12,16-17,19-22,30H,4-5,9-10,13-15H2,1-3H3,(H,27,32)(H,28,31)/t17?,19-,20+,21+,22?,26?/m1/s1. The van der Waals surface area contributed by atoms with Crippen molar-refractivity contribution < 1.29 is 19.5 Å². The van der Waals surface area contributed by atoms with E-state index in [4.69, 9.17) is 5.11 Å². The van der Waals surface area contributed by atoms with Crippen LogP contribution in [0, 0.1) is 17.8 Å². The van der Waals surface area contributed by atoms with E-state index in [1.54, 1.807) is 16.7 Å². The van der Waals surface area contributed by atoms with Crippen molar-refractivity contribution in [3.05, 3.63) is 30.3 Å². The van der Waals surface area contributed by atoms with Crippen molar-refractivity contribution in [1.29, 1.82) is 0 Å². The summed E-state index contributed by atoms with van der Waals surface area (Å²) in [6.07, 6.45) is 4.14. The molecule has 8 heteroatoms. The molecule has 0 saturated carbocycles. The average Bonchev–Trinajstić information content (AvgIpc) is 3.37. The second-order valence-corrected chi connectivity index (χ2v) is 11.8. The van der Waals surface area contributed by atoms with Gasteiger partial charge >= 0.3 is 0 Å². The minimum Gasteiger partial charge on any atom is -0.396 e. The summed E-state index contributed by atoms with van der Waals surface area (Å²) in [5.74, 6) is -1.05. The summed E-state index contributed by atoms with van der Waals surface area (Å²) in [4.78, 5) is 42.7. The van der Waals surface area contributed by atoms with E-state index in [9.17, 15) is 14.4 Å². The van der Waals surface area contributed by atoms with Crippen molar-refractivity contribution in [3.63, 3.8) is 0 Å². The number of hydrogen-bond acceptors (Lipinski definition) is 5. The summed E-state index contributed by atoms with van der Waals surface area (Å²) < 4.78 is -0.579. The van der Waals surface area contributed by atoms with Gasteiger partial charge in [0, 0.05) is 30.1 Å². The highest BCUT2D eigenvalue weighted by Gasteiger charge is 2.75. The van der Waals surface area contributed by atoms with Gasteiger partial charge in [0.1, 0.15) is 6.04 Å². The highest BCUT2D eigenvalue weighted by Crippen LogP contribution is 2.68. The van der Waals surface area contributed by atoms with Crippen LogP contribution in [0.4, 0.5) is 5.69 Å². The van der Waals surface area contributed by atoms with Crippen LogP contribution in [0.1, 0.15) is 52.9 Å². The number of aliphatic hydroxyl groups excluding tert-OH is 1. The monoisotopic (exact) mass is 487 g/mol. The lowest BCUT2D eigenvalue weighted by molar-refractivity contribution is -0.139. The normalized spacial score (nSPS) is 31.7. The lowest BCUT2D eigenvalue weighted by Crippen LogP contribution is -2.57. The predicted octanol–water partition coefficient (Wildman–Crippen LogP) is 3.04. The van der Waals surface area contributed by atoms with E-state index >= 15 is 0 Å². The van der Waals surface area contributed by atoms with E-state index in [1.807, 2.05) is 44.2 Å². The number of carbonyl (C=O) groups is 3. The van der Waals surface area contributed by atoms with Crippen molar-refractivity contribution in [1.82, 2.24) is 10.2 Å². The average molecular weight is 488 g/mol. The zero-order valence-corrected chi connectivity index (χ0v) is 21.1. The molecule has 186 valence electrons. The van der Waals surface area contributed by atoms with Crippen LogP contribution in [0.5, 0.6) is 0 Å². The molecule has 2 bridgehead atoms. The molecule has 1 spiro atoms. The maximum atomic E-state index is 13.9. The van der Waals surface area contributed by atoms with Crippen molar-refractivity contribution in [2.45, 2.75) is 75.0 Å². The molecule has 1 aromatic carbocycles. The molecule has 7 nitrogen and oxygen atoms in total. The number of hydrogen-bond donors (Lipinski definition) is 3. The Kier molecular flexibility index (Phi) is 7.57. The number of thioether (sulfide) groups is 1. The number of benzene rings is 1. The molecule has 3 heterocycles. The minimum atomic E-state index is -0.579. The smallest absolute Gasteiger partial charge is 0.244 e. The first-order valence-electron chi connectivity index (χ1n) is 12.6. The molecule has 3 fully saturated rings. The number of likely N-dealkylation sites (tertiary alicyclic amines) is 1. The fraction of sp³-hybridized carbons (Fsp3) is 0.654. The quantitative estimate of drug-likeness (QED) is 0.441. The van der Waals surface area contributed by atoms with Crippen LogP contribution >= 0.6 is 11.8 Å². The van der Waals surface area contributed by atoms with Gasteiger partial charge < -0.3 is 20.6 Å². The third-order valence-corrected chi connectivity index (χ3v) is 9.65. The van der Waals surface area contributed by atoms with Gasteiger partial charge in [0.2, 0.25) is 17.7 Å². The van der Waals surface area contributed by atoms with Gasteiger partial charge in [0.25, 0.3) is 0 Å². The van der Waals surface area contributed by atoms with Crippen molar-refractivity contribution >= 4 is 35.2 Å². The molecule has 3 amide bonds. The van der Waals surface area contributed by atoms with Crippen molar-refractivity contribution in [3.8, 4) is 0 Å². The van der Waals surface area contributed by atoms with E-state index in [0.29, 0.717) is 6.54 Å². The first kappa shape index (κ1) is 25.0. The van der Waals surface area contributed by atoms with Crippen molar-refractivity contribution in [2.24, 2.45) is 17.8 Å². The number of para-hydroxylation sites is 1. The Morgan fingerprint density at radius 1 is 1.15 bits per heavy atom. The molecule has 34 heavy (non-hydrogen) atoms. The minimum absolute atomic E-state index is 0.0273. The largest absolute Gasteiger partial charge is 0.396 e. The summed E-state index contributed by atoms with van der Waals surface area (Å²) in [6, 6.07) is 8.76. The molecule has 0 radical (unpaired) electrons. The summed E-state index contributed by atoms with van der Waals surface area (Å²) in [6.45, 7) is 6.67. The Labute approximate surface area is 206 Å². The number of unbranched alkanes of at least 4 members (excludes halogenated alkanes) is 3. The van der Waals surface area contributed by atoms with Gasteiger partial charge in [-0.2, -0.15) is 0 Å². The van der Waals surface area contributed by atoms with E-state index in [2.05, 4.69) is 17.6 Å². The van der Waals surface area contributed by atoms with Crippen LogP contribution in [0.3, 0.4) is 0 Å². The molecular weight excluding hydrogens is 450 g/mol. The zero-order chi connectivity index (χ0) is 24.5. The van der Waals surface area contributed by atoms with Crippen LogP contribution in [-0.4, -0.2) is 63.0 Å². The molecule has 6 atom stereocenters. The van der Waals surface area contributed by atoms with Crippen LogP contribution in [0.25, 0.3) is 0 Å². The van der Waals surface area contributed by atoms with Gasteiger partial charge in [0.05, 0.1) is 16.6 Å². The van der Waals surface area contributed by atoms with Gasteiger partial charge in [-0.05, 0) is 51.2 Å². The molecule has 3 saturated heterocycles. The highest BCUT2D eigenvalue weighted by molar-refractivity contribution is 8.02. The fourth-order valence-corrected chi connectivity index (χ4v) is 8.64. The van der Waals surface area contributed by atoms with Gasteiger partial charge in [-0.1, -0.05) is 38.0 Å². The zero-order valence-electron chi connectivity index (χ0n) is 20.3. The van der Waals surface area contributed by atoms with E-state index in [0.717, 1.165) is 37.8 Å². The Hall–Kier alpha value is -2.06. The van der Waals surface area contributed by atoms with Crippen LogP contribution in [-0.2, 0) is 14.4 Å². The van der Waals surface area contributed by atoms with Gasteiger partial charge in [-0.3, -0.25) is 14.4 Å². The van der Waals surface area contributed by atoms with Crippen molar-refractivity contribution in [2.75, 3.05) is 18.5 Å². The Balaban J connectivity index is 1.62. The first-order valence-corrected chi connectivity index (χ1v) is 13.4. The van der Waals surface area contributed by atoms with Crippen LogP contribution < -0.4 is 10.6 Å². The Bertz CT molecular complexity index is 911. The number of carbonyl (C=O) groups excluding carboxylic acids is 3. The number of anilines is 1. The van der Waals surface area contributed by atoms with Gasteiger partial charge in [-0.25, -0.2) is 0 Å². The third-order valence-electron chi connectivity index (χ3n) is 7.58. The van der Waals surface area contributed by atoms with E-state index in [1.165, 1.54) is 0 Å². The van der Waals surface area contributed by atoms with E-state index in [-0.39, 0.29) is 41.5 Å². The number of rotatable bonds is 10. The molecular formula is C26H37N3O4S. The van der Waals surface area contributed by atoms with E-state index < -0.39 is 22.6 Å². The number of amides is 3. The number of nitrogens with one attached hydrogen (secondary N) is 2. The summed E-state index contributed by atoms with van der Waals surface area (Å²) in [7, 11) is 0. The number of nitrogens with zero attached hydrogens (tertiary/aromatic N) is 1. The summed E-state index contributed by atoms with van der Waals surface area (Å²) in [5, 5.41) is 15.2. The SMILES string of the molecule is CC(C)NC(=O)C1N(CCCCCCO)C(=O)[C@@H]2[C@@H](C(=O)Nc3ccccc3)[C@H]3CC(C)C12S3. The predicted molar refractivity (Wildman–Crippen MR) is 134 cm³/mol. The molecule has 0 aliphatic carbocycles.